The van der Waals surface area contributed by atoms with Crippen LogP contribution >= 0.6 is 11.8 Å². The summed E-state index contributed by atoms with van der Waals surface area (Å²) in [6.07, 6.45) is 0.914. The fraction of sp³-hybridized carbons (Fsp3) is 0.417. The van der Waals surface area contributed by atoms with Gasteiger partial charge < -0.3 is 19.5 Å². The molecular weight excluding hydrogens is 444 g/mol. The first-order chi connectivity index (χ1) is 15.6. The largest absolute Gasteiger partial charge is 0.493 e. The van der Waals surface area contributed by atoms with Gasteiger partial charge in [0.15, 0.2) is 11.4 Å². The van der Waals surface area contributed by atoms with Gasteiger partial charge in [-0.15, -0.1) is 11.8 Å². The van der Waals surface area contributed by atoms with Gasteiger partial charge in [-0.25, -0.2) is 9.78 Å². The second-order valence-electron chi connectivity index (χ2n) is 7.64. The van der Waals surface area contributed by atoms with Crippen molar-refractivity contribution in [3.8, 4) is 11.5 Å². The Morgan fingerprint density at radius 3 is 2.27 bits per heavy atom. The third-order valence-corrected chi connectivity index (χ3v) is 6.02. The van der Waals surface area contributed by atoms with Gasteiger partial charge in [0.25, 0.3) is 5.91 Å². The first-order valence-electron chi connectivity index (χ1n) is 10.6. The number of esters is 2. The van der Waals surface area contributed by atoms with Crippen LogP contribution in [0, 0.1) is 0 Å². The summed E-state index contributed by atoms with van der Waals surface area (Å²) < 4.78 is 16.0. The van der Waals surface area contributed by atoms with Crippen molar-refractivity contribution in [2.45, 2.75) is 57.3 Å². The fourth-order valence-electron chi connectivity index (χ4n) is 3.06. The molecule has 0 bridgehead atoms. The summed E-state index contributed by atoms with van der Waals surface area (Å²) in [5.41, 5.74) is 0.884. The number of nitrogens with zero attached hydrogens (tertiary/aromatic N) is 1. The van der Waals surface area contributed by atoms with Crippen molar-refractivity contribution < 1.29 is 28.6 Å². The van der Waals surface area contributed by atoms with Gasteiger partial charge >= 0.3 is 11.9 Å². The summed E-state index contributed by atoms with van der Waals surface area (Å²) in [4.78, 5) is 41.0. The Balaban J connectivity index is 2.12. The van der Waals surface area contributed by atoms with Crippen LogP contribution in [0.3, 0.4) is 0 Å². The highest BCUT2D eigenvalue weighted by atomic mass is 32.2. The topological polar surface area (TPSA) is 104 Å². The molecule has 0 unspecified atom stereocenters. The van der Waals surface area contributed by atoms with Crippen LogP contribution in [0.25, 0.3) is 0 Å². The molecule has 0 saturated carbocycles. The third kappa shape index (κ3) is 7.49. The molecule has 33 heavy (non-hydrogen) atoms. The molecule has 1 N–H and O–H groups in total. The zero-order chi connectivity index (χ0) is 24.5. The molecule has 2 rings (SSSR count). The molecule has 1 heterocycles. The van der Waals surface area contributed by atoms with E-state index in [1.165, 1.54) is 33.2 Å². The second kappa shape index (κ2) is 12.2. The van der Waals surface area contributed by atoms with E-state index in [-0.39, 0.29) is 22.4 Å². The molecule has 0 fully saturated rings. The number of ether oxygens (including phenoxy) is 3. The van der Waals surface area contributed by atoms with Gasteiger partial charge in [-0.05, 0) is 24.7 Å². The van der Waals surface area contributed by atoms with Crippen molar-refractivity contribution in [1.29, 1.82) is 0 Å². The number of hydrogen-bond donors (Lipinski definition) is 1. The summed E-state index contributed by atoms with van der Waals surface area (Å²) in [7, 11) is 1.38. The molecule has 1 aromatic carbocycles. The van der Waals surface area contributed by atoms with Gasteiger partial charge in [-0.2, -0.15) is 0 Å². The summed E-state index contributed by atoms with van der Waals surface area (Å²) in [6.45, 7) is 8.72. The Bertz CT molecular complexity index is 967. The van der Waals surface area contributed by atoms with E-state index in [4.69, 9.17) is 14.2 Å². The monoisotopic (exact) mass is 474 g/mol. The number of benzene rings is 1. The summed E-state index contributed by atoms with van der Waals surface area (Å²) in [6, 6.07) is 10.3. The molecule has 0 spiro atoms. The van der Waals surface area contributed by atoms with Crippen molar-refractivity contribution >= 4 is 29.6 Å². The normalized spacial score (nSPS) is 13.5. The lowest BCUT2D eigenvalue weighted by Gasteiger charge is -2.27. The van der Waals surface area contributed by atoms with E-state index in [0.29, 0.717) is 5.25 Å². The molecule has 0 aliphatic carbocycles. The van der Waals surface area contributed by atoms with Gasteiger partial charge in [0, 0.05) is 19.2 Å². The number of nitrogens with one attached hydrogen (secondary N) is 1. The van der Waals surface area contributed by atoms with Gasteiger partial charge in [0.1, 0.15) is 12.1 Å². The third-order valence-electron chi connectivity index (χ3n) is 4.53. The minimum Gasteiger partial charge on any atom is -0.493 e. The van der Waals surface area contributed by atoms with Gasteiger partial charge in [0.2, 0.25) is 5.75 Å². The van der Waals surface area contributed by atoms with Crippen LogP contribution in [0.1, 0.15) is 55.9 Å². The summed E-state index contributed by atoms with van der Waals surface area (Å²) in [5, 5.41) is 2.82. The van der Waals surface area contributed by atoms with Crippen molar-refractivity contribution in [1.82, 2.24) is 10.3 Å². The van der Waals surface area contributed by atoms with Crippen LogP contribution in [-0.2, 0) is 14.3 Å². The summed E-state index contributed by atoms with van der Waals surface area (Å²) >= 11 is 1.70. The molecule has 8 nitrogen and oxygen atoms in total. The quantitative estimate of drug-likeness (QED) is 0.516. The van der Waals surface area contributed by atoms with Crippen LogP contribution in [0.5, 0.6) is 11.5 Å². The number of hydrogen-bond acceptors (Lipinski definition) is 8. The first-order valence-corrected chi connectivity index (χ1v) is 11.5. The van der Waals surface area contributed by atoms with E-state index < -0.39 is 30.0 Å². The standard InChI is InChI=1S/C24H30N2O6S/c1-14(2)33-22(18-10-8-7-9-11-18)16(4)31-24(29)15(3)26-23(28)20-21(32-17(5)27)19(30-6)12-13-25-20/h7-16,22H,1-6H3,(H,26,28)/t15-,16-,22-/m0/s1. The Morgan fingerprint density at radius 2 is 1.70 bits per heavy atom. The highest BCUT2D eigenvalue weighted by Gasteiger charge is 2.28. The highest BCUT2D eigenvalue weighted by molar-refractivity contribution is 8.00. The van der Waals surface area contributed by atoms with E-state index in [1.54, 1.807) is 11.8 Å². The number of rotatable bonds is 10. The maximum Gasteiger partial charge on any atom is 0.328 e. The molecule has 9 heteroatoms. The molecule has 0 aliphatic rings. The van der Waals surface area contributed by atoms with Gasteiger partial charge in [-0.1, -0.05) is 44.2 Å². The fourth-order valence-corrected chi connectivity index (χ4v) is 4.24. The predicted molar refractivity (Wildman–Crippen MR) is 126 cm³/mol. The molecule has 0 saturated heterocycles. The van der Waals surface area contributed by atoms with Crippen LogP contribution in [0.2, 0.25) is 0 Å². The van der Waals surface area contributed by atoms with Gasteiger partial charge in [-0.3, -0.25) is 9.59 Å². The molecule has 0 radical (unpaired) electrons. The molecule has 178 valence electrons. The number of thioether (sulfide) groups is 1. The molecular formula is C24H30N2O6S. The van der Waals surface area contributed by atoms with Crippen molar-refractivity contribution in [2.75, 3.05) is 7.11 Å². The summed E-state index contributed by atoms with van der Waals surface area (Å²) in [5.74, 6) is -1.86. The van der Waals surface area contributed by atoms with E-state index in [1.807, 2.05) is 37.3 Å². The number of pyridine rings is 1. The maximum atomic E-state index is 12.8. The smallest absolute Gasteiger partial charge is 0.328 e. The highest BCUT2D eigenvalue weighted by Crippen LogP contribution is 2.36. The van der Waals surface area contributed by atoms with Crippen molar-refractivity contribution in [3.05, 3.63) is 53.9 Å². The zero-order valence-corrected chi connectivity index (χ0v) is 20.5. The lowest BCUT2D eigenvalue weighted by atomic mass is 10.1. The predicted octanol–water partition coefficient (Wildman–Crippen LogP) is 3.95. The van der Waals surface area contributed by atoms with Crippen LogP contribution in [0.15, 0.2) is 42.6 Å². The second-order valence-corrected chi connectivity index (χ2v) is 9.36. The Hall–Kier alpha value is -3.07. The van der Waals surface area contributed by atoms with Crippen LogP contribution in [-0.4, -0.2) is 47.3 Å². The minimum absolute atomic E-state index is 0.0614. The van der Waals surface area contributed by atoms with E-state index in [0.717, 1.165) is 5.56 Å². The molecule has 1 amide bonds. The van der Waals surface area contributed by atoms with Crippen LogP contribution in [0.4, 0.5) is 0 Å². The van der Waals surface area contributed by atoms with Gasteiger partial charge in [0.05, 0.1) is 12.4 Å². The van der Waals surface area contributed by atoms with E-state index in [2.05, 4.69) is 24.1 Å². The number of carbonyl (C=O) groups is 3. The number of carbonyl (C=O) groups excluding carboxylic acids is 3. The average molecular weight is 475 g/mol. The zero-order valence-electron chi connectivity index (χ0n) is 19.7. The minimum atomic E-state index is -0.960. The Kier molecular flexibility index (Phi) is 9.72. The number of methoxy groups -OCH3 is 1. The average Bonchev–Trinajstić information content (AvgIpc) is 2.77. The lowest BCUT2D eigenvalue weighted by Crippen LogP contribution is -2.41. The first kappa shape index (κ1) is 26.2. The lowest BCUT2D eigenvalue weighted by molar-refractivity contribution is -0.150. The molecule has 0 aliphatic heterocycles. The van der Waals surface area contributed by atoms with Crippen molar-refractivity contribution in [2.24, 2.45) is 0 Å². The molecule has 1 aromatic heterocycles. The SMILES string of the molecule is COc1ccnc(C(=O)N[C@@H](C)C(=O)O[C@@H](C)[C@H](SC(C)C)c2ccccc2)c1OC(C)=O. The van der Waals surface area contributed by atoms with E-state index in [9.17, 15) is 14.4 Å². The molecule has 2 aromatic rings. The van der Waals surface area contributed by atoms with Crippen LogP contribution < -0.4 is 14.8 Å². The van der Waals surface area contributed by atoms with E-state index >= 15 is 0 Å². The number of aromatic nitrogens is 1. The number of amides is 1. The maximum absolute atomic E-state index is 12.8. The Morgan fingerprint density at radius 1 is 1.03 bits per heavy atom. The molecule has 3 atom stereocenters. The van der Waals surface area contributed by atoms with Crippen molar-refractivity contribution in [3.63, 3.8) is 0 Å². The Labute approximate surface area is 198 Å².